The molecule has 0 aliphatic carbocycles. The first-order chi connectivity index (χ1) is 9.55. The molecule has 2 unspecified atom stereocenters. The van der Waals surface area contributed by atoms with Gasteiger partial charge in [0, 0.05) is 6.42 Å². The van der Waals surface area contributed by atoms with Gasteiger partial charge in [0.25, 0.3) is 0 Å². The van der Waals surface area contributed by atoms with Crippen molar-refractivity contribution in [3.63, 3.8) is 0 Å². The van der Waals surface area contributed by atoms with E-state index in [0.717, 1.165) is 17.9 Å². The Hall–Kier alpha value is -1.75. The van der Waals surface area contributed by atoms with Crippen LogP contribution >= 0.6 is 0 Å². The highest BCUT2D eigenvalue weighted by molar-refractivity contribution is 5.67. The van der Waals surface area contributed by atoms with Crippen molar-refractivity contribution in [2.24, 2.45) is 17.6 Å². The van der Waals surface area contributed by atoms with Gasteiger partial charge in [-0.2, -0.15) is 0 Å². The van der Waals surface area contributed by atoms with Gasteiger partial charge in [0.2, 0.25) is 0 Å². The van der Waals surface area contributed by atoms with Gasteiger partial charge >= 0.3 is 5.97 Å². The summed E-state index contributed by atoms with van der Waals surface area (Å²) in [7, 11) is 1.62. The van der Waals surface area contributed by atoms with E-state index in [4.69, 9.17) is 20.3 Å². The summed E-state index contributed by atoms with van der Waals surface area (Å²) < 4.78 is 10.7. The van der Waals surface area contributed by atoms with E-state index in [0.29, 0.717) is 13.2 Å². The zero-order valence-electron chi connectivity index (χ0n) is 12.0. The number of hydrogen-bond donors (Lipinski definition) is 2. The molecule has 1 rings (SSSR count). The van der Waals surface area contributed by atoms with Gasteiger partial charge in [0.15, 0.2) is 0 Å². The molecule has 0 saturated carbocycles. The average molecular weight is 281 g/mol. The van der Waals surface area contributed by atoms with Crippen molar-refractivity contribution in [3.05, 3.63) is 24.3 Å². The van der Waals surface area contributed by atoms with Crippen LogP contribution in [0, 0.1) is 11.8 Å². The molecule has 20 heavy (non-hydrogen) atoms. The van der Waals surface area contributed by atoms with Crippen LogP contribution in [0.2, 0.25) is 0 Å². The molecule has 0 fully saturated rings. The number of hydrogen-bond acceptors (Lipinski definition) is 4. The van der Waals surface area contributed by atoms with E-state index in [2.05, 4.69) is 0 Å². The van der Waals surface area contributed by atoms with Gasteiger partial charge in [-0.05, 0) is 49.1 Å². The second-order valence-corrected chi connectivity index (χ2v) is 5.03. The summed E-state index contributed by atoms with van der Waals surface area (Å²) in [6.45, 7) is 2.97. The number of carboxylic acids is 1. The third kappa shape index (κ3) is 5.93. The molecule has 0 heterocycles. The molecule has 0 bridgehead atoms. The topological polar surface area (TPSA) is 81.8 Å². The first-order valence-electron chi connectivity index (χ1n) is 6.73. The molecule has 0 radical (unpaired) electrons. The molecule has 0 spiro atoms. The second-order valence-electron chi connectivity index (χ2n) is 5.03. The van der Waals surface area contributed by atoms with Crippen LogP contribution in [0.5, 0.6) is 11.5 Å². The number of rotatable bonds is 9. The highest BCUT2D eigenvalue weighted by atomic mass is 16.5. The van der Waals surface area contributed by atoms with Crippen LogP contribution in [0.4, 0.5) is 0 Å². The molecule has 0 aromatic heterocycles. The summed E-state index contributed by atoms with van der Waals surface area (Å²) in [6.07, 6.45) is 0.863. The number of aliphatic carboxylic acids is 1. The van der Waals surface area contributed by atoms with Crippen molar-refractivity contribution < 1.29 is 19.4 Å². The van der Waals surface area contributed by atoms with Crippen molar-refractivity contribution in [2.45, 2.75) is 19.8 Å². The van der Waals surface area contributed by atoms with Crippen LogP contribution in [0.25, 0.3) is 0 Å². The maximum absolute atomic E-state index is 10.7. The largest absolute Gasteiger partial charge is 0.497 e. The number of ether oxygens (including phenoxy) is 2. The first-order valence-corrected chi connectivity index (χ1v) is 6.73. The Balaban J connectivity index is 2.37. The lowest BCUT2D eigenvalue weighted by atomic mass is 9.94. The molecule has 2 atom stereocenters. The van der Waals surface area contributed by atoms with E-state index in [-0.39, 0.29) is 18.3 Å². The van der Waals surface area contributed by atoms with Crippen LogP contribution < -0.4 is 15.2 Å². The number of methoxy groups -OCH3 is 1. The molecule has 1 aromatic carbocycles. The Bertz CT molecular complexity index is 405. The lowest BCUT2D eigenvalue weighted by molar-refractivity contribution is -0.138. The summed E-state index contributed by atoms with van der Waals surface area (Å²) in [6, 6.07) is 7.38. The van der Waals surface area contributed by atoms with E-state index in [1.54, 1.807) is 7.11 Å². The Morgan fingerprint density at radius 1 is 1.30 bits per heavy atom. The Morgan fingerprint density at radius 3 is 2.40 bits per heavy atom. The maximum atomic E-state index is 10.7. The first kappa shape index (κ1) is 16.3. The summed E-state index contributed by atoms with van der Waals surface area (Å²) in [5.74, 6) is 1.02. The van der Waals surface area contributed by atoms with Crippen LogP contribution in [0.3, 0.4) is 0 Å². The monoisotopic (exact) mass is 281 g/mol. The fraction of sp³-hybridized carbons (Fsp3) is 0.533. The fourth-order valence-electron chi connectivity index (χ4n) is 2.06. The highest BCUT2D eigenvalue weighted by Crippen LogP contribution is 2.20. The summed E-state index contributed by atoms with van der Waals surface area (Å²) >= 11 is 0. The molecular weight excluding hydrogens is 258 g/mol. The van der Waals surface area contributed by atoms with E-state index < -0.39 is 5.97 Å². The van der Waals surface area contributed by atoms with E-state index in [1.807, 2.05) is 31.2 Å². The summed E-state index contributed by atoms with van der Waals surface area (Å²) in [4.78, 5) is 10.7. The summed E-state index contributed by atoms with van der Waals surface area (Å²) in [5, 5.41) is 8.79. The highest BCUT2D eigenvalue weighted by Gasteiger charge is 2.15. The minimum atomic E-state index is -0.802. The lowest BCUT2D eigenvalue weighted by Crippen LogP contribution is -2.22. The third-order valence-electron chi connectivity index (χ3n) is 3.13. The molecule has 1 aromatic rings. The van der Waals surface area contributed by atoms with E-state index in [1.165, 1.54) is 0 Å². The molecule has 112 valence electrons. The fourth-order valence-corrected chi connectivity index (χ4v) is 2.06. The van der Waals surface area contributed by atoms with E-state index >= 15 is 0 Å². The van der Waals surface area contributed by atoms with E-state index in [9.17, 15) is 4.79 Å². The SMILES string of the molecule is COc1ccc(OCC(C)CC(CN)CC(=O)O)cc1. The van der Waals surface area contributed by atoms with Gasteiger partial charge in [-0.3, -0.25) is 4.79 Å². The standard InChI is InChI=1S/C15H23NO4/c1-11(7-12(9-16)8-15(17)18)10-20-14-5-3-13(19-2)4-6-14/h3-6,11-12H,7-10,16H2,1-2H3,(H,17,18). The summed E-state index contributed by atoms with van der Waals surface area (Å²) in [5.41, 5.74) is 5.59. The Labute approximate surface area is 119 Å². The Kier molecular flexibility index (Phi) is 6.87. The average Bonchev–Trinajstić information content (AvgIpc) is 2.44. The molecule has 0 aliphatic rings. The van der Waals surface area contributed by atoms with Gasteiger partial charge in [0.05, 0.1) is 13.7 Å². The zero-order chi connectivity index (χ0) is 15.0. The van der Waals surface area contributed by atoms with Gasteiger partial charge in [-0.1, -0.05) is 6.92 Å². The third-order valence-corrected chi connectivity index (χ3v) is 3.13. The number of nitrogens with two attached hydrogens (primary N) is 1. The molecule has 0 amide bonds. The Morgan fingerprint density at radius 2 is 1.90 bits per heavy atom. The van der Waals surface area contributed by atoms with Crippen molar-refractivity contribution in [3.8, 4) is 11.5 Å². The number of benzene rings is 1. The maximum Gasteiger partial charge on any atom is 0.303 e. The minimum absolute atomic E-state index is 0.00182. The van der Waals surface area contributed by atoms with Crippen LogP contribution in [0.1, 0.15) is 19.8 Å². The molecule has 3 N–H and O–H groups in total. The predicted octanol–water partition coefficient (Wildman–Crippen LogP) is 2.15. The molecule has 5 heteroatoms. The molecule has 0 aliphatic heterocycles. The smallest absolute Gasteiger partial charge is 0.303 e. The van der Waals surface area contributed by atoms with Crippen LogP contribution in [0.15, 0.2) is 24.3 Å². The molecule has 5 nitrogen and oxygen atoms in total. The van der Waals surface area contributed by atoms with Gasteiger partial charge < -0.3 is 20.3 Å². The van der Waals surface area contributed by atoms with Crippen molar-refractivity contribution in [2.75, 3.05) is 20.3 Å². The zero-order valence-corrected chi connectivity index (χ0v) is 12.0. The van der Waals surface area contributed by atoms with Gasteiger partial charge in [0.1, 0.15) is 11.5 Å². The number of carboxylic acid groups (broad SMARTS) is 1. The van der Waals surface area contributed by atoms with Crippen molar-refractivity contribution >= 4 is 5.97 Å². The predicted molar refractivity (Wildman–Crippen MR) is 77.1 cm³/mol. The van der Waals surface area contributed by atoms with Crippen molar-refractivity contribution in [1.82, 2.24) is 0 Å². The molecule has 0 saturated heterocycles. The lowest BCUT2D eigenvalue weighted by Gasteiger charge is -2.18. The number of carbonyl (C=O) groups is 1. The van der Waals surface area contributed by atoms with Gasteiger partial charge in [-0.15, -0.1) is 0 Å². The van der Waals surface area contributed by atoms with Crippen molar-refractivity contribution in [1.29, 1.82) is 0 Å². The second kappa shape index (κ2) is 8.43. The molecular formula is C15H23NO4. The normalized spacial score (nSPS) is 13.6. The van der Waals surface area contributed by atoms with Crippen LogP contribution in [-0.2, 0) is 4.79 Å². The minimum Gasteiger partial charge on any atom is -0.497 e. The quantitative estimate of drug-likeness (QED) is 0.724. The van der Waals surface area contributed by atoms with Crippen LogP contribution in [-0.4, -0.2) is 31.3 Å². The van der Waals surface area contributed by atoms with Gasteiger partial charge in [-0.25, -0.2) is 0 Å².